The summed E-state index contributed by atoms with van der Waals surface area (Å²) in [5.74, 6) is 0.855. The Hall–Kier alpha value is -1.49. The number of nitrogens with zero attached hydrogens (tertiary/aromatic N) is 1. The summed E-state index contributed by atoms with van der Waals surface area (Å²) >= 11 is 0. The van der Waals surface area contributed by atoms with Crippen molar-refractivity contribution in [1.82, 2.24) is 4.90 Å². The fourth-order valence-electron chi connectivity index (χ4n) is 2.28. The van der Waals surface area contributed by atoms with Gasteiger partial charge in [-0.1, -0.05) is 0 Å². The Bertz CT molecular complexity index is 436. The number of hydrogen-bond acceptors (Lipinski definition) is 4. The van der Waals surface area contributed by atoms with Gasteiger partial charge >= 0.3 is 6.09 Å². The molecule has 5 nitrogen and oxygen atoms in total. The van der Waals surface area contributed by atoms with Crippen molar-refractivity contribution in [3.63, 3.8) is 0 Å². The quantitative estimate of drug-likeness (QED) is 0.890. The maximum atomic E-state index is 12.0. The van der Waals surface area contributed by atoms with Gasteiger partial charge in [0, 0.05) is 25.0 Å². The summed E-state index contributed by atoms with van der Waals surface area (Å²) in [5.41, 5.74) is 5.44. The van der Waals surface area contributed by atoms with Gasteiger partial charge in [0.1, 0.15) is 11.4 Å². The van der Waals surface area contributed by atoms with E-state index in [1.807, 2.05) is 32.9 Å². The molecule has 1 atom stereocenters. The summed E-state index contributed by atoms with van der Waals surface area (Å²) in [6.45, 7) is 6.72. The van der Waals surface area contributed by atoms with Crippen LogP contribution < -0.4 is 5.73 Å². The van der Waals surface area contributed by atoms with E-state index in [4.69, 9.17) is 14.9 Å². The minimum atomic E-state index is -0.474. The number of hydrogen-bond donors (Lipinski definition) is 1. The lowest BCUT2D eigenvalue weighted by Crippen LogP contribution is -2.46. The van der Waals surface area contributed by atoms with E-state index in [0.717, 1.165) is 12.2 Å². The van der Waals surface area contributed by atoms with Crippen LogP contribution in [0, 0.1) is 0 Å². The third-order valence-corrected chi connectivity index (χ3v) is 3.14. The van der Waals surface area contributed by atoms with Crippen molar-refractivity contribution in [2.75, 3.05) is 13.1 Å². The number of nitrogens with two attached hydrogens (primary N) is 1. The van der Waals surface area contributed by atoms with Crippen molar-refractivity contribution in [2.45, 2.75) is 44.8 Å². The van der Waals surface area contributed by atoms with Gasteiger partial charge in [0.05, 0.1) is 6.26 Å². The Balaban J connectivity index is 1.93. The van der Waals surface area contributed by atoms with Gasteiger partial charge in [-0.15, -0.1) is 0 Å². The van der Waals surface area contributed by atoms with Gasteiger partial charge in [-0.25, -0.2) is 4.79 Å². The summed E-state index contributed by atoms with van der Waals surface area (Å²) in [6, 6.07) is 3.75. The van der Waals surface area contributed by atoms with Crippen molar-refractivity contribution in [2.24, 2.45) is 5.73 Å². The number of carbonyl (C=O) groups excluding carboxylic acids is 1. The van der Waals surface area contributed by atoms with E-state index in [9.17, 15) is 4.79 Å². The first-order valence-corrected chi connectivity index (χ1v) is 6.57. The van der Waals surface area contributed by atoms with Gasteiger partial charge in [0.25, 0.3) is 0 Å². The van der Waals surface area contributed by atoms with Gasteiger partial charge < -0.3 is 19.8 Å². The summed E-state index contributed by atoms with van der Waals surface area (Å²) < 4.78 is 10.7. The lowest BCUT2D eigenvalue weighted by molar-refractivity contribution is 0.0284. The van der Waals surface area contributed by atoms with Gasteiger partial charge in [-0.2, -0.15) is 0 Å². The number of amides is 1. The highest BCUT2D eigenvalue weighted by Gasteiger charge is 2.38. The van der Waals surface area contributed by atoms with Crippen molar-refractivity contribution < 1.29 is 13.9 Å². The fourth-order valence-corrected chi connectivity index (χ4v) is 2.28. The zero-order chi connectivity index (χ0) is 14.1. The second-order valence-corrected chi connectivity index (χ2v) is 6.27. The van der Waals surface area contributed by atoms with Crippen LogP contribution in [0.15, 0.2) is 22.8 Å². The van der Waals surface area contributed by atoms with E-state index in [0.29, 0.717) is 19.5 Å². The molecule has 1 aromatic rings. The molecule has 0 saturated carbocycles. The van der Waals surface area contributed by atoms with E-state index in [2.05, 4.69) is 0 Å². The first-order valence-electron chi connectivity index (χ1n) is 6.57. The summed E-state index contributed by atoms with van der Waals surface area (Å²) in [5, 5.41) is 0. The first-order chi connectivity index (χ1) is 8.77. The Morgan fingerprint density at radius 2 is 2.32 bits per heavy atom. The summed E-state index contributed by atoms with van der Waals surface area (Å²) in [4.78, 5) is 13.7. The van der Waals surface area contributed by atoms with Gasteiger partial charge in [-0.3, -0.25) is 0 Å². The summed E-state index contributed by atoms with van der Waals surface area (Å²) in [6.07, 6.45) is 2.74. The number of furan rings is 1. The molecule has 5 heteroatoms. The average Bonchev–Trinajstić information content (AvgIpc) is 2.86. The largest absolute Gasteiger partial charge is 0.469 e. The molecule has 1 saturated heterocycles. The molecule has 1 aromatic heterocycles. The van der Waals surface area contributed by atoms with Gasteiger partial charge in [-0.05, 0) is 39.3 Å². The number of ether oxygens (including phenoxy) is 1. The Morgan fingerprint density at radius 1 is 1.58 bits per heavy atom. The van der Waals surface area contributed by atoms with Gasteiger partial charge in [0.15, 0.2) is 0 Å². The van der Waals surface area contributed by atoms with Crippen molar-refractivity contribution in [3.05, 3.63) is 24.2 Å². The molecule has 0 aromatic carbocycles. The number of carbonyl (C=O) groups is 1. The molecule has 2 rings (SSSR count). The highest BCUT2D eigenvalue weighted by molar-refractivity contribution is 5.68. The average molecular weight is 266 g/mol. The molecule has 0 bridgehead atoms. The second kappa shape index (κ2) is 4.89. The Labute approximate surface area is 113 Å². The minimum Gasteiger partial charge on any atom is -0.469 e. The van der Waals surface area contributed by atoms with Crippen LogP contribution in [0.1, 0.15) is 33.0 Å². The highest BCUT2D eigenvalue weighted by atomic mass is 16.6. The van der Waals surface area contributed by atoms with Crippen LogP contribution in [0.5, 0.6) is 0 Å². The lowest BCUT2D eigenvalue weighted by Gasteiger charge is -2.26. The Morgan fingerprint density at radius 3 is 2.89 bits per heavy atom. The van der Waals surface area contributed by atoms with Crippen LogP contribution in [-0.2, 0) is 11.2 Å². The SMILES string of the molecule is CC(C)(C)OC(=O)N1CCC(N)(Cc2ccco2)C1. The zero-order valence-corrected chi connectivity index (χ0v) is 11.8. The second-order valence-electron chi connectivity index (χ2n) is 6.27. The molecular weight excluding hydrogens is 244 g/mol. The molecule has 0 aliphatic carbocycles. The number of rotatable bonds is 2. The molecule has 19 heavy (non-hydrogen) atoms. The van der Waals surface area contributed by atoms with Crippen molar-refractivity contribution in [3.8, 4) is 0 Å². The van der Waals surface area contributed by atoms with E-state index < -0.39 is 11.1 Å². The van der Waals surface area contributed by atoms with Crippen LogP contribution in [-0.4, -0.2) is 35.2 Å². The van der Waals surface area contributed by atoms with Crippen LogP contribution in [0.2, 0.25) is 0 Å². The van der Waals surface area contributed by atoms with Crippen LogP contribution in [0.25, 0.3) is 0 Å². The van der Waals surface area contributed by atoms with E-state index in [-0.39, 0.29) is 6.09 Å². The third kappa shape index (κ3) is 3.73. The standard InChI is InChI=1S/C14H22N2O3/c1-13(2,3)19-12(17)16-7-6-14(15,10-16)9-11-5-4-8-18-11/h4-5,8H,6-7,9-10,15H2,1-3H3. The third-order valence-electron chi connectivity index (χ3n) is 3.14. The highest BCUT2D eigenvalue weighted by Crippen LogP contribution is 2.25. The zero-order valence-electron chi connectivity index (χ0n) is 11.8. The number of likely N-dealkylation sites (tertiary alicyclic amines) is 1. The van der Waals surface area contributed by atoms with E-state index >= 15 is 0 Å². The molecule has 1 amide bonds. The fraction of sp³-hybridized carbons (Fsp3) is 0.643. The molecule has 1 aliphatic rings. The molecule has 2 N–H and O–H groups in total. The maximum Gasteiger partial charge on any atom is 0.410 e. The van der Waals surface area contributed by atoms with Crippen LogP contribution in [0.4, 0.5) is 4.79 Å². The van der Waals surface area contributed by atoms with Crippen LogP contribution >= 0.6 is 0 Å². The van der Waals surface area contributed by atoms with Crippen molar-refractivity contribution in [1.29, 1.82) is 0 Å². The molecule has 1 aliphatic heterocycles. The molecule has 0 radical (unpaired) electrons. The Kier molecular flexibility index (Phi) is 3.58. The predicted molar refractivity (Wildman–Crippen MR) is 71.8 cm³/mol. The molecule has 1 unspecified atom stereocenters. The molecular formula is C14H22N2O3. The lowest BCUT2D eigenvalue weighted by atomic mass is 9.94. The van der Waals surface area contributed by atoms with E-state index in [1.54, 1.807) is 11.2 Å². The maximum absolute atomic E-state index is 12.0. The summed E-state index contributed by atoms with van der Waals surface area (Å²) in [7, 11) is 0. The van der Waals surface area contributed by atoms with Crippen molar-refractivity contribution >= 4 is 6.09 Å². The topological polar surface area (TPSA) is 68.7 Å². The molecule has 106 valence electrons. The molecule has 0 spiro atoms. The molecule has 2 heterocycles. The van der Waals surface area contributed by atoms with Gasteiger partial charge in [0.2, 0.25) is 0 Å². The monoisotopic (exact) mass is 266 g/mol. The molecule has 1 fully saturated rings. The first kappa shape index (κ1) is 13.9. The normalized spacial score (nSPS) is 23.7. The van der Waals surface area contributed by atoms with Crippen LogP contribution in [0.3, 0.4) is 0 Å². The smallest absolute Gasteiger partial charge is 0.410 e. The minimum absolute atomic E-state index is 0.292. The van der Waals surface area contributed by atoms with E-state index in [1.165, 1.54) is 0 Å². The predicted octanol–water partition coefficient (Wildman–Crippen LogP) is 2.16.